The highest BCUT2D eigenvalue weighted by atomic mass is 32.2. The monoisotopic (exact) mass is 250 g/mol. The molecule has 0 aliphatic rings. The molecule has 3 heteroatoms. The van der Waals surface area contributed by atoms with Gasteiger partial charge in [-0.05, 0) is 25.0 Å². The summed E-state index contributed by atoms with van der Waals surface area (Å²) < 4.78 is 22.9. The van der Waals surface area contributed by atoms with E-state index in [0.717, 1.165) is 12.8 Å². The molecule has 0 bridgehead atoms. The van der Waals surface area contributed by atoms with Gasteiger partial charge in [0.15, 0.2) is 9.84 Å². The van der Waals surface area contributed by atoms with Crippen LogP contribution in [0.25, 0.3) is 0 Å². The molecule has 0 aromatic heterocycles. The SMILES string of the molecule is CCC=CC#CCS(=O)(=O)CC#CC=CCC. The summed E-state index contributed by atoms with van der Waals surface area (Å²) in [7, 11) is -3.17. The molecule has 0 saturated heterocycles. The van der Waals surface area contributed by atoms with Crippen LogP contribution in [0.5, 0.6) is 0 Å². The first kappa shape index (κ1) is 15.6. The van der Waals surface area contributed by atoms with Gasteiger partial charge in [0.2, 0.25) is 0 Å². The zero-order valence-electron chi connectivity index (χ0n) is 10.4. The van der Waals surface area contributed by atoms with Crippen molar-refractivity contribution in [2.75, 3.05) is 11.5 Å². The quantitative estimate of drug-likeness (QED) is 0.718. The van der Waals surface area contributed by atoms with Crippen LogP contribution in [-0.4, -0.2) is 19.9 Å². The predicted molar refractivity (Wildman–Crippen MR) is 73.1 cm³/mol. The Balaban J connectivity index is 4.19. The zero-order chi connectivity index (χ0) is 13.0. The molecule has 0 aliphatic carbocycles. The van der Waals surface area contributed by atoms with Gasteiger partial charge in [-0.25, -0.2) is 8.42 Å². The minimum absolute atomic E-state index is 0.132. The Morgan fingerprint density at radius 3 is 1.65 bits per heavy atom. The van der Waals surface area contributed by atoms with Crippen molar-refractivity contribution in [3.63, 3.8) is 0 Å². The minimum Gasteiger partial charge on any atom is -0.227 e. The second-order valence-corrected chi connectivity index (χ2v) is 5.36. The maximum Gasteiger partial charge on any atom is 0.172 e. The molecule has 0 fully saturated rings. The van der Waals surface area contributed by atoms with E-state index in [1.54, 1.807) is 12.2 Å². The Morgan fingerprint density at radius 2 is 1.29 bits per heavy atom. The Hall–Kier alpha value is -1.45. The van der Waals surface area contributed by atoms with Crippen LogP contribution in [0, 0.1) is 23.7 Å². The van der Waals surface area contributed by atoms with Crippen LogP contribution in [0.1, 0.15) is 26.7 Å². The summed E-state index contributed by atoms with van der Waals surface area (Å²) in [5.41, 5.74) is 0. The lowest BCUT2D eigenvalue weighted by molar-refractivity contribution is 0.603. The highest BCUT2D eigenvalue weighted by Gasteiger charge is 2.04. The lowest BCUT2D eigenvalue weighted by Gasteiger charge is -1.90. The molecule has 0 saturated carbocycles. The van der Waals surface area contributed by atoms with Crippen molar-refractivity contribution in [1.82, 2.24) is 0 Å². The Morgan fingerprint density at radius 1 is 0.882 bits per heavy atom. The summed E-state index contributed by atoms with van der Waals surface area (Å²) in [4.78, 5) is 0. The van der Waals surface area contributed by atoms with Crippen LogP contribution >= 0.6 is 0 Å². The molecule has 92 valence electrons. The fraction of sp³-hybridized carbons (Fsp3) is 0.429. The average Bonchev–Trinajstić information content (AvgIpc) is 2.28. The van der Waals surface area contributed by atoms with Gasteiger partial charge in [0.05, 0.1) is 0 Å². The molecule has 0 aromatic carbocycles. The number of rotatable bonds is 4. The van der Waals surface area contributed by atoms with E-state index in [1.807, 2.05) is 26.0 Å². The zero-order valence-corrected chi connectivity index (χ0v) is 11.2. The maximum atomic E-state index is 11.4. The fourth-order valence-corrected chi connectivity index (χ4v) is 1.53. The highest BCUT2D eigenvalue weighted by molar-refractivity contribution is 7.91. The normalized spacial score (nSPS) is 10.9. The third-order valence-corrected chi connectivity index (χ3v) is 2.83. The summed E-state index contributed by atoms with van der Waals surface area (Å²) in [6.45, 7) is 3.99. The molecule has 0 amide bonds. The van der Waals surface area contributed by atoms with Crippen molar-refractivity contribution in [1.29, 1.82) is 0 Å². The number of hydrogen-bond acceptors (Lipinski definition) is 2. The van der Waals surface area contributed by atoms with Gasteiger partial charge in [-0.15, -0.1) is 0 Å². The van der Waals surface area contributed by atoms with E-state index in [-0.39, 0.29) is 11.5 Å². The minimum atomic E-state index is -3.17. The highest BCUT2D eigenvalue weighted by Crippen LogP contribution is 1.88. The van der Waals surface area contributed by atoms with Gasteiger partial charge in [-0.1, -0.05) is 49.7 Å². The van der Waals surface area contributed by atoms with Crippen LogP contribution in [0.2, 0.25) is 0 Å². The van der Waals surface area contributed by atoms with Crippen LogP contribution in [0.4, 0.5) is 0 Å². The molecule has 0 rings (SSSR count). The molecule has 0 radical (unpaired) electrons. The van der Waals surface area contributed by atoms with E-state index in [1.165, 1.54) is 0 Å². The van der Waals surface area contributed by atoms with E-state index >= 15 is 0 Å². The van der Waals surface area contributed by atoms with Crippen LogP contribution < -0.4 is 0 Å². The topological polar surface area (TPSA) is 34.1 Å². The molecule has 0 spiro atoms. The predicted octanol–water partition coefficient (Wildman–Crippen LogP) is 2.34. The van der Waals surface area contributed by atoms with Gasteiger partial charge in [0.1, 0.15) is 11.5 Å². The molecule has 17 heavy (non-hydrogen) atoms. The van der Waals surface area contributed by atoms with E-state index in [2.05, 4.69) is 23.7 Å². The van der Waals surface area contributed by atoms with Crippen molar-refractivity contribution in [3.8, 4) is 23.7 Å². The summed E-state index contributed by atoms with van der Waals surface area (Å²) in [6.07, 6.45) is 8.91. The lowest BCUT2D eigenvalue weighted by atomic mass is 10.4. The summed E-state index contributed by atoms with van der Waals surface area (Å²) in [6, 6.07) is 0. The summed E-state index contributed by atoms with van der Waals surface area (Å²) in [5, 5.41) is 0. The van der Waals surface area contributed by atoms with Crippen molar-refractivity contribution < 1.29 is 8.42 Å². The first-order valence-corrected chi connectivity index (χ1v) is 7.41. The Bertz CT molecular complexity index is 434. The number of hydrogen-bond donors (Lipinski definition) is 0. The van der Waals surface area contributed by atoms with Crippen molar-refractivity contribution >= 4 is 9.84 Å². The van der Waals surface area contributed by atoms with E-state index < -0.39 is 9.84 Å². The van der Waals surface area contributed by atoms with E-state index in [9.17, 15) is 8.42 Å². The van der Waals surface area contributed by atoms with E-state index in [0.29, 0.717) is 0 Å². The van der Waals surface area contributed by atoms with Crippen molar-refractivity contribution in [3.05, 3.63) is 24.3 Å². The second-order valence-electron chi connectivity index (χ2n) is 3.30. The molecular formula is C14H18O2S. The van der Waals surface area contributed by atoms with Crippen LogP contribution in [-0.2, 0) is 9.84 Å². The lowest BCUT2D eigenvalue weighted by Crippen LogP contribution is -2.07. The molecule has 0 atom stereocenters. The largest absolute Gasteiger partial charge is 0.227 e. The maximum absolute atomic E-state index is 11.4. The molecule has 0 aromatic rings. The van der Waals surface area contributed by atoms with Gasteiger partial charge in [0.25, 0.3) is 0 Å². The molecule has 0 heterocycles. The second kappa shape index (κ2) is 9.75. The summed E-state index contributed by atoms with van der Waals surface area (Å²) >= 11 is 0. The molecule has 2 nitrogen and oxygen atoms in total. The first-order valence-electron chi connectivity index (χ1n) is 5.59. The van der Waals surface area contributed by atoms with E-state index in [4.69, 9.17) is 0 Å². The molecular weight excluding hydrogens is 232 g/mol. The third-order valence-electron chi connectivity index (χ3n) is 1.66. The van der Waals surface area contributed by atoms with Gasteiger partial charge in [-0.3, -0.25) is 0 Å². The standard InChI is InChI=1S/C14H18O2S/c1-3-5-7-9-11-13-17(15,16)14-12-10-8-6-4-2/h5-8H,3-4,13-14H2,1-2H3. The fourth-order valence-electron chi connectivity index (χ4n) is 0.826. The third kappa shape index (κ3) is 10.8. The molecule has 0 N–H and O–H groups in total. The number of allylic oxidation sites excluding steroid dienone is 4. The van der Waals surface area contributed by atoms with Crippen molar-refractivity contribution in [2.45, 2.75) is 26.7 Å². The smallest absolute Gasteiger partial charge is 0.172 e. The van der Waals surface area contributed by atoms with Gasteiger partial charge in [-0.2, -0.15) is 0 Å². The average molecular weight is 250 g/mol. The summed E-state index contributed by atoms with van der Waals surface area (Å²) in [5.74, 6) is 10.3. The van der Waals surface area contributed by atoms with Gasteiger partial charge >= 0.3 is 0 Å². The Kier molecular flexibility index (Phi) is 8.92. The number of sulfone groups is 1. The molecule has 0 unspecified atom stereocenters. The first-order chi connectivity index (χ1) is 8.12. The van der Waals surface area contributed by atoms with Gasteiger partial charge < -0.3 is 0 Å². The Labute approximate surface area is 105 Å². The molecule has 0 aliphatic heterocycles. The van der Waals surface area contributed by atoms with Crippen LogP contribution in [0.3, 0.4) is 0 Å². The van der Waals surface area contributed by atoms with Gasteiger partial charge in [0, 0.05) is 0 Å². The van der Waals surface area contributed by atoms with Crippen LogP contribution in [0.15, 0.2) is 24.3 Å². The van der Waals surface area contributed by atoms with Crippen molar-refractivity contribution in [2.24, 2.45) is 0 Å².